The fraction of sp³-hybridized carbons (Fsp3) is 0.250. The van der Waals surface area contributed by atoms with Gasteiger partial charge in [0, 0.05) is 10.6 Å². The summed E-state index contributed by atoms with van der Waals surface area (Å²) in [5.74, 6) is -1.33. The molecule has 0 aliphatic heterocycles. The summed E-state index contributed by atoms with van der Waals surface area (Å²) in [5.41, 5.74) is 0.337. The van der Waals surface area contributed by atoms with Crippen molar-refractivity contribution >= 4 is 35.1 Å². The molecule has 1 aromatic carbocycles. The number of carbonyl (C=O) groups is 2. The van der Waals surface area contributed by atoms with E-state index in [9.17, 15) is 9.59 Å². The van der Waals surface area contributed by atoms with Gasteiger partial charge in [-0.3, -0.25) is 0 Å². The smallest absolute Gasteiger partial charge is 0.343 e. The van der Waals surface area contributed by atoms with Crippen LogP contribution in [0.25, 0.3) is 11.3 Å². The predicted octanol–water partition coefficient (Wildman–Crippen LogP) is 4.61. The fourth-order valence-corrected chi connectivity index (χ4v) is 2.37. The molecule has 0 aliphatic rings. The van der Waals surface area contributed by atoms with Crippen molar-refractivity contribution in [3.63, 3.8) is 0 Å². The SMILES string of the molecule is CCOC(=O)c1c(Cl)oc(-c2ccc(Cl)cc2)c1C(=O)OCC. The maximum atomic E-state index is 12.3. The molecule has 5 nitrogen and oxygen atoms in total. The highest BCUT2D eigenvalue weighted by Crippen LogP contribution is 2.36. The minimum Gasteiger partial charge on any atom is -0.462 e. The van der Waals surface area contributed by atoms with E-state index in [1.807, 2.05) is 0 Å². The molecule has 0 amide bonds. The number of carbonyl (C=O) groups excluding carboxylic acids is 2. The maximum absolute atomic E-state index is 12.3. The molecule has 0 bridgehead atoms. The average Bonchev–Trinajstić information content (AvgIpc) is 2.86. The molecule has 1 aromatic heterocycles. The molecule has 0 saturated heterocycles. The molecule has 0 spiro atoms. The quantitative estimate of drug-likeness (QED) is 0.732. The molecule has 0 aliphatic carbocycles. The van der Waals surface area contributed by atoms with Gasteiger partial charge in [-0.1, -0.05) is 11.6 Å². The highest BCUT2D eigenvalue weighted by Gasteiger charge is 2.32. The van der Waals surface area contributed by atoms with E-state index >= 15 is 0 Å². The van der Waals surface area contributed by atoms with Crippen molar-refractivity contribution in [2.45, 2.75) is 13.8 Å². The van der Waals surface area contributed by atoms with Crippen LogP contribution < -0.4 is 0 Å². The Kier molecular flexibility index (Phi) is 5.69. The molecule has 0 saturated carbocycles. The standard InChI is InChI=1S/C16H14Cl2O5/c1-3-21-15(19)11-12(16(20)22-4-2)14(18)23-13(11)9-5-7-10(17)8-6-9/h5-8H,3-4H2,1-2H3. The number of rotatable bonds is 5. The van der Waals surface area contributed by atoms with E-state index < -0.39 is 11.9 Å². The van der Waals surface area contributed by atoms with Crippen molar-refractivity contribution in [2.75, 3.05) is 13.2 Å². The van der Waals surface area contributed by atoms with Crippen LogP contribution in [0.4, 0.5) is 0 Å². The third kappa shape index (κ3) is 3.68. The molecule has 1 heterocycles. The zero-order valence-electron chi connectivity index (χ0n) is 12.5. The van der Waals surface area contributed by atoms with Gasteiger partial charge in [0.1, 0.15) is 11.1 Å². The van der Waals surface area contributed by atoms with Crippen LogP contribution in [-0.2, 0) is 9.47 Å². The first-order valence-corrected chi connectivity index (χ1v) is 7.67. The highest BCUT2D eigenvalue weighted by atomic mass is 35.5. The summed E-state index contributed by atoms with van der Waals surface area (Å²) in [4.78, 5) is 24.4. The molecule has 2 rings (SSSR count). The van der Waals surface area contributed by atoms with Crippen molar-refractivity contribution in [3.05, 3.63) is 45.6 Å². The number of furan rings is 1. The van der Waals surface area contributed by atoms with Crippen molar-refractivity contribution < 1.29 is 23.5 Å². The Morgan fingerprint density at radius 1 is 0.957 bits per heavy atom. The Morgan fingerprint density at radius 2 is 1.48 bits per heavy atom. The third-order valence-corrected chi connectivity index (χ3v) is 3.45. The van der Waals surface area contributed by atoms with E-state index in [1.165, 1.54) is 0 Å². The number of hydrogen-bond acceptors (Lipinski definition) is 5. The average molecular weight is 357 g/mol. The molecule has 7 heteroatoms. The molecular weight excluding hydrogens is 343 g/mol. The van der Waals surface area contributed by atoms with Gasteiger partial charge in [0.25, 0.3) is 0 Å². The minimum atomic E-state index is -0.746. The monoisotopic (exact) mass is 356 g/mol. The number of halogens is 2. The van der Waals surface area contributed by atoms with Crippen molar-refractivity contribution in [2.24, 2.45) is 0 Å². The van der Waals surface area contributed by atoms with E-state index in [0.717, 1.165) is 0 Å². The lowest BCUT2D eigenvalue weighted by molar-refractivity contribution is 0.0481. The van der Waals surface area contributed by atoms with Gasteiger partial charge in [-0.05, 0) is 49.7 Å². The molecule has 0 radical (unpaired) electrons. The normalized spacial score (nSPS) is 10.4. The van der Waals surface area contributed by atoms with Crippen LogP contribution >= 0.6 is 23.2 Å². The fourth-order valence-electron chi connectivity index (χ4n) is 1.99. The lowest BCUT2D eigenvalue weighted by Gasteiger charge is -2.05. The predicted molar refractivity (Wildman–Crippen MR) is 86.1 cm³/mol. The summed E-state index contributed by atoms with van der Waals surface area (Å²) in [6.07, 6.45) is 0. The summed E-state index contributed by atoms with van der Waals surface area (Å²) in [6, 6.07) is 6.56. The maximum Gasteiger partial charge on any atom is 0.343 e. The van der Waals surface area contributed by atoms with Gasteiger partial charge in [0.05, 0.1) is 13.2 Å². The topological polar surface area (TPSA) is 65.7 Å². The second-order valence-electron chi connectivity index (χ2n) is 4.40. The summed E-state index contributed by atoms with van der Waals surface area (Å²) in [7, 11) is 0. The van der Waals surface area contributed by atoms with E-state index in [2.05, 4.69) is 0 Å². The van der Waals surface area contributed by atoms with Crippen molar-refractivity contribution in [3.8, 4) is 11.3 Å². The van der Waals surface area contributed by atoms with Gasteiger partial charge in [0.2, 0.25) is 5.22 Å². The Bertz CT molecular complexity index is 719. The van der Waals surface area contributed by atoms with Crippen LogP contribution in [0, 0.1) is 0 Å². The number of hydrogen-bond donors (Lipinski definition) is 0. The Hall–Kier alpha value is -1.98. The lowest BCUT2D eigenvalue weighted by atomic mass is 10.1. The summed E-state index contributed by atoms with van der Waals surface area (Å²) < 4.78 is 15.4. The molecule has 0 atom stereocenters. The van der Waals surface area contributed by atoms with Crippen LogP contribution in [0.15, 0.2) is 28.7 Å². The van der Waals surface area contributed by atoms with E-state index in [4.69, 9.17) is 37.1 Å². The van der Waals surface area contributed by atoms with Crippen LogP contribution in [0.3, 0.4) is 0 Å². The molecule has 2 aromatic rings. The van der Waals surface area contributed by atoms with Gasteiger partial charge < -0.3 is 13.9 Å². The van der Waals surface area contributed by atoms with Gasteiger partial charge in [0.15, 0.2) is 5.76 Å². The van der Waals surface area contributed by atoms with Crippen LogP contribution in [0.1, 0.15) is 34.6 Å². The minimum absolute atomic E-state index is 0.0578. The molecule has 23 heavy (non-hydrogen) atoms. The zero-order chi connectivity index (χ0) is 17.0. The zero-order valence-corrected chi connectivity index (χ0v) is 14.0. The molecule has 0 fully saturated rings. The lowest BCUT2D eigenvalue weighted by Crippen LogP contribution is -2.13. The van der Waals surface area contributed by atoms with Crippen LogP contribution in [0.5, 0.6) is 0 Å². The van der Waals surface area contributed by atoms with Crippen LogP contribution in [-0.4, -0.2) is 25.2 Å². The van der Waals surface area contributed by atoms with Gasteiger partial charge >= 0.3 is 11.9 Å². The van der Waals surface area contributed by atoms with Crippen molar-refractivity contribution in [1.29, 1.82) is 0 Å². The van der Waals surface area contributed by atoms with E-state index in [0.29, 0.717) is 10.6 Å². The Balaban J connectivity index is 2.62. The van der Waals surface area contributed by atoms with Gasteiger partial charge in [-0.2, -0.15) is 0 Å². The van der Waals surface area contributed by atoms with Crippen LogP contribution in [0.2, 0.25) is 10.2 Å². The highest BCUT2D eigenvalue weighted by molar-refractivity contribution is 6.33. The largest absolute Gasteiger partial charge is 0.462 e. The summed E-state index contributed by atoms with van der Waals surface area (Å²) in [6.45, 7) is 3.59. The summed E-state index contributed by atoms with van der Waals surface area (Å²) in [5, 5.41) is 0.297. The number of esters is 2. The number of ether oxygens (including phenoxy) is 2. The first-order chi connectivity index (χ1) is 11.0. The molecule has 0 unspecified atom stereocenters. The first kappa shape index (κ1) is 17.4. The van der Waals surface area contributed by atoms with Gasteiger partial charge in [-0.25, -0.2) is 9.59 Å². The van der Waals surface area contributed by atoms with Gasteiger partial charge in [-0.15, -0.1) is 0 Å². The second kappa shape index (κ2) is 7.53. The molecule has 122 valence electrons. The Morgan fingerprint density at radius 3 is 2.00 bits per heavy atom. The Labute approximate surface area is 143 Å². The first-order valence-electron chi connectivity index (χ1n) is 6.92. The van der Waals surface area contributed by atoms with E-state index in [1.54, 1.807) is 38.1 Å². The molecule has 0 N–H and O–H groups in total. The second-order valence-corrected chi connectivity index (χ2v) is 5.18. The van der Waals surface area contributed by atoms with E-state index in [-0.39, 0.29) is 35.3 Å². The molecular formula is C16H14Cl2O5. The number of benzene rings is 1. The summed E-state index contributed by atoms with van der Waals surface area (Å²) >= 11 is 11.9. The third-order valence-electron chi connectivity index (χ3n) is 2.93. The van der Waals surface area contributed by atoms with Crippen molar-refractivity contribution in [1.82, 2.24) is 0 Å².